The normalized spacial score (nSPS) is 28.4. The molecule has 2 aliphatic heterocycles. The van der Waals surface area contributed by atoms with Gasteiger partial charge in [-0.05, 0) is 50.2 Å². The van der Waals surface area contributed by atoms with E-state index in [-0.39, 0.29) is 24.1 Å². The van der Waals surface area contributed by atoms with Crippen molar-refractivity contribution in [3.05, 3.63) is 47.4 Å². The fourth-order valence-corrected chi connectivity index (χ4v) is 5.56. The van der Waals surface area contributed by atoms with E-state index >= 15 is 0 Å². The Morgan fingerprint density at radius 3 is 2.41 bits per heavy atom. The summed E-state index contributed by atoms with van der Waals surface area (Å²) in [5.41, 5.74) is 13.4. The van der Waals surface area contributed by atoms with Gasteiger partial charge in [-0.1, -0.05) is 13.5 Å². The van der Waals surface area contributed by atoms with Crippen molar-refractivity contribution in [2.24, 2.45) is 11.5 Å². The number of allylic oxidation sites excluding steroid dienone is 1. The second-order valence-corrected chi connectivity index (χ2v) is 10.2. The van der Waals surface area contributed by atoms with Crippen LogP contribution < -0.4 is 11.5 Å². The van der Waals surface area contributed by atoms with Crippen LogP contribution in [0.5, 0.6) is 0 Å². The number of nitrogens with two attached hydrogens (primary N) is 2. The van der Waals surface area contributed by atoms with Crippen LogP contribution in [0.25, 0.3) is 0 Å². The van der Waals surface area contributed by atoms with E-state index in [2.05, 4.69) is 11.5 Å². The lowest BCUT2D eigenvalue weighted by atomic mass is 9.76. The molecule has 4 N–H and O–H groups in total. The van der Waals surface area contributed by atoms with Crippen LogP contribution in [0.4, 0.5) is 13.2 Å². The van der Waals surface area contributed by atoms with E-state index < -0.39 is 39.8 Å². The third-order valence-corrected chi connectivity index (χ3v) is 7.73. The predicted octanol–water partition coefficient (Wildman–Crippen LogP) is 2.97. The minimum absolute atomic E-state index is 0.0439. The van der Waals surface area contributed by atoms with Gasteiger partial charge >= 0.3 is 0 Å². The Morgan fingerprint density at radius 2 is 1.83 bits per heavy atom. The van der Waals surface area contributed by atoms with Gasteiger partial charge in [-0.3, -0.25) is 4.21 Å². The van der Waals surface area contributed by atoms with Crippen LogP contribution in [0.1, 0.15) is 44.6 Å². The van der Waals surface area contributed by atoms with E-state index in [0.717, 1.165) is 24.6 Å². The van der Waals surface area contributed by atoms with Crippen molar-refractivity contribution < 1.29 is 17.4 Å². The van der Waals surface area contributed by atoms with Gasteiger partial charge in [0.1, 0.15) is 5.82 Å². The Balaban J connectivity index is 1.68. The average molecular weight is 430 g/mol. The van der Waals surface area contributed by atoms with E-state index in [4.69, 9.17) is 11.5 Å². The fourth-order valence-electron chi connectivity index (χ4n) is 4.81. The lowest BCUT2D eigenvalue weighted by Gasteiger charge is -2.49. The highest BCUT2D eigenvalue weighted by atomic mass is 32.2. The Bertz CT molecular complexity index is 790. The summed E-state index contributed by atoms with van der Waals surface area (Å²) < 4.78 is 52.5. The van der Waals surface area contributed by atoms with Gasteiger partial charge in [0, 0.05) is 57.7 Å². The molecular formula is C21H30F3N3OS. The van der Waals surface area contributed by atoms with Crippen molar-refractivity contribution in [3.8, 4) is 0 Å². The smallest absolute Gasteiger partial charge is 0.161 e. The highest BCUT2D eigenvalue weighted by molar-refractivity contribution is 7.84. The molecule has 2 bridgehead atoms. The summed E-state index contributed by atoms with van der Waals surface area (Å²) in [4.78, 5) is 2.31. The number of piperidine rings is 1. The maximum absolute atomic E-state index is 14.0. The standard InChI is InChI=1S/C21H30F3N3OS/c1-3-29(28)7-6-13(2)27-15-4-5-16(27)12-21(26,11-15)20(25)9-14-8-18(23)19(24)10-17(14)22/h8,10,15-16,20H,2-7,9,11-12,25-26H2,1H3/t15-,16+,20?,21?,29?. The largest absolute Gasteiger partial charge is 0.369 e. The monoisotopic (exact) mass is 429 g/mol. The number of benzene rings is 1. The Hall–Kier alpha value is -1.38. The number of hydrogen-bond acceptors (Lipinski definition) is 4. The number of fused-ring (bicyclic) bond motifs is 2. The Kier molecular flexibility index (Phi) is 6.75. The highest BCUT2D eigenvalue weighted by Gasteiger charge is 2.49. The van der Waals surface area contributed by atoms with Gasteiger partial charge in [0.05, 0.1) is 0 Å². The summed E-state index contributed by atoms with van der Waals surface area (Å²) in [6.07, 6.45) is 3.96. The summed E-state index contributed by atoms with van der Waals surface area (Å²) in [5, 5.41) is 0. The summed E-state index contributed by atoms with van der Waals surface area (Å²) in [5.74, 6) is -1.86. The molecule has 8 heteroatoms. The molecule has 2 heterocycles. The SMILES string of the molecule is C=C(CCS(=O)CC)N1[C@@H]2CC[C@H]1CC(N)(C(N)Cc1cc(F)c(F)cc1F)C2. The van der Waals surface area contributed by atoms with Gasteiger partial charge < -0.3 is 16.4 Å². The summed E-state index contributed by atoms with van der Waals surface area (Å²) >= 11 is 0. The van der Waals surface area contributed by atoms with Crippen LogP contribution in [0.3, 0.4) is 0 Å². The first-order valence-electron chi connectivity index (χ1n) is 10.1. The molecule has 3 unspecified atom stereocenters. The van der Waals surface area contributed by atoms with Gasteiger partial charge in [0.2, 0.25) is 0 Å². The molecule has 1 aromatic rings. The molecule has 1 aromatic carbocycles. The molecule has 2 aliphatic rings. The van der Waals surface area contributed by atoms with Crippen molar-refractivity contribution >= 4 is 10.8 Å². The molecule has 4 nitrogen and oxygen atoms in total. The van der Waals surface area contributed by atoms with Crippen LogP contribution in [0.15, 0.2) is 24.4 Å². The van der Waals surface area contributed by atoms with E-state index in [9.17, 15) is 17.4 Å². The number of halogens is 3. The molecule has 3 rings (SSSR count). The van der Waals surface area contributed by atoms with Crippen LogP contribution in [-0.4, -0.2) is 44.3 Å². The van der Waals surface area contributed by atoms with Crippen LogP contribution in [-0.2, 0) is 17.2 Å². The molecular weight excluding hydrogens is 399 g/mol. The third kappa shape index (κ3) is 4.70. The van der Waals surface area contributed by atoms with Gasteiger partial charge in [-0.25, -0.2) is 13.2 Å². The molecule has 0 radical (unpaired) electrons. The summed E-state index contributed by atoms with van der Waals surface area (Å²) in [7, 11) is -0.830. The molecule has 162 valence electrons. The number of hydrogen-bond donors (Lipinski definition) is 2. The average Bonchev–Trinajstić information content (AvgIpc) is 2.95. The van der Waals surface area contributed by atoms with Crippen LogP contribution in [0.2, 0.25) is 0 Å². The quantitative estimate of drug-likeness (QED) is 0.624. The zero-order chi connectivity index (χ0) is 21.3. The van der Waals surface area contributed by atoms with Crippen molar-refractivity contribution in [2.45, 2.75) is 69.1 Å². The van der Waals surface area contributed by atoms with E-state index in [1.54, 1.807) is 0 Å². The topological polar surface area (TPSA) is 72.3 Å². The first-order valence-corrected chi connectivity index (χ1v) is 11.6. The van der Waals surface area contributed by atoms with E-state index in [1.165, 1.54) is 0 Å². The predicted molar refractivity (Wildman–Crippen MR) is 110 cm³/mol. The number of nitrogens with zero attached hydrogens (tertiary/aromatic N) is 1. The van der Waals surface area contributed by atoms with Gasteiger partial charge in [-0.15, -0.1) is 0 Å². The third-order valence-electron chi connectivity index (χ3n) is 6.42. The second-order valence-electron chi connectivity index (χ2n) is 8.35. The molecule has 29 heavy (non-hydrogen) atoms. The second kappa shape index (κ2) is 8.78. The molecule has 5 atom stereocenters. The van der Waals surface area contributed by atoms with Gasteiger partial charge in [0.25, 0.3) is 0 Å². The maximum Gasteiger partial charge on any atom is 0.161 e. The molecule has 0 aliphatic carbocycles. The first kappa shape index (κ1) is 22.3. The van der Waals surface area contributed by atoms with Crippen LogP contribution >= 0.6 is 0 Å². The zero-order valence-corrected chi connectivity index (χ0v) is 17.6. The van der Waals surface area contributed by atoms with Gasteiger partial charge in [0.15, 0.2) is 11.6 Å². The highest BCUT2D eigenvalue weighted by Crippen LogP contribution is 2.43. The van der Waals surface area contributed by atoms with Gasteiger partial charge in [-0.2, -0.15) is 0 Å². The number of rotatable bonds is 8. The minimum atomic E-state index is -1.21. The molecule has 2 saturated heterocycles. The maximum atomic E-state index is 14.0. The van der Waals surface area contributed by atoms with Crippen molar-refractivity contribution in [2.75, 3.05) is 11.5 Å². The lowest BCUT2D eigenvalue weighted by molar-refractivity contribution is 0.102. The molecule has 2 fully saturated rings. The van der Waals surface area contributed by atoms with Crippen molar-refractivity contribution in [1.29, 1.82) is 0 Å². The first-order chi connectivity index (χ1) is 13.6. The fraction of sp³-hybridized carbons (Fsp3) is 0.619. The minimum Gasteiger partial charge on any atom is -0.369 e. The summed E-state index contributed by atoms with van der Waals surface area (Å²) in [6, 6.07) is 1.24. The molecule has 0 spiro atoms. The Labute approximate surface area is 173 Å². The van der Waals surface area contributed by atoms with Crippen molar-refractivity contribution in [1.82, 2.24) is 4.90 Å². The molecule has 0 aromatic heterocycles. The molecule has 0 amide bonds. The van der Waals surface area contributed by atoms with E-state index in [0.29, 0.717) is 36.8 Å². The van der Waals surface area contributed by atoms with Crippen LogP contribution in [0, 0.1) is 17.5 Å². The van der Waals surface area contributed by atoms with Crippen molar-refractivity contribution in [3.63, 3.8) is 0 Å². The van der Waals surface area contributed by atoms with E-state index in [1.807, 2.05) is 6.92 Å². The summed E-state index contributed by atoms with van der Waals surface area (Å²) in [6.45, 7) is 6.11. The Morgan fingerprint density at radius 1 is 1.24 bits per heavy atom. The molecule has 0 saturated carbocycles. The zero-order valence-electron chi connectivity index (χ0n) is 16.8. The lowest BCUT2D eigenvalue weighted by Crippen LogP contribution is -2.64.